The van der Waals surface area contributed by atoms with Crippen molar-refractivity contribution in [1.29, 1.82) is 0 Å². The van der Waals surface area contributed by atoms with Crippen molar-refractivity contribution in [1.82, 2.24) is 4.98 Å². The van der Waals surface area contributed by atoms with Gasteiger partial charge in [-0.2, -0.15) is 0 Å². The quantitative estimate of drug-likeness (QED) is 0.886. The summed E-state index contributed by atoms with van der Waals surface area (Å²) in [6.07, 6.45) is 5.77. The molecule has 3 rings (SSSR count). The summed E-state index contributed by atoms with van der Waals surface area (Å²) in [5.74, 6) is 3.81. The van der Waals surface area contributed by atoms with Crippen LogP contribution >= 0.6 is 0 Å². The van der Waals surface area contributed by atoms with E-state index in [9.17, 15) is 0 Å². The summed E-state index contributed by atoms with van der Waals surface area (Å²) in [4.78, 5) is 6.73. The van der Waals surface area contributed by atoms with Crippen molar-refractivity contribution in [2.24, 2.45) is 17.8 Å². The van der Waals surface area contributed by atoms with E-state index in [2.05, 4.69) is 16.9 Å². The molecule has 0 saturated heterocycles. The Morgan fingerprint density at radius 3 is 2.89 bits per heavy atom. The highest BCUT2D eigenvalue weighted by atomic mass is 16.3. The van der Waals surface area contributed by atoms with Gasteiger partial charge >= 0.3 is 0 Å². The van der Waals surface area contributed by atoms with Crippen molar-refractivity contribution < 1.29 is 5.11 Å². The molecule has 1 aromatic heterocycles. The summed E-state index contributed by atoms with van der Waals surface area (Å²) < 4.78 is 0. The maximum Gasteiger partial charge on any atom is 0.128 e. The SMILES string of the molecule is CN(CC1CC2CCC1C2)c1cccc(CO)n1. The van der Waals surface area contributed by atoms with Gasteiger partial charge in [-0.1, -0.05) is 12.5 Å². The number of aliphatic hydroxyl groups is 1. The highest BCUT2D eigenvalue weighted by Gasteiger charge is 2.39. The monoisotopic (exact) mass is 246 g/mol. The third-order valence-electron chi connectivity index (χ3n) is 4.74. The maximum atomic E-state index is 9.13. The zero-order valence-corrected chi connectivity index (χ0v) is 11.0. The topological polar surface area (TPSA) is 36.4 Å². The second kappa shape index (κ2) is 4.88. The molecule has 0 aromatic carbocycles. The van der Waals surface area contributed by atoms with Gasteiger partial charge in [0.15, 0.2) is 0 Å². The van der Waals surface area contributed by atoms with Gasteiger partial charge in [0.05, 0.1) is 12.3 Å². The van der Waals surface area contributed by atoms with Gasteiger partial charge in [0, 0.05) is 13.6 Å². The van der Waals surface area contributed by atoms with E-state index in [-0.39, 0.29) is 6.61 Å². The molecule has 2 aliphatic rings. The first-order valence-electron chi connectivity index (χ1n) is 7.04. The second-order valence-corrected chi connectivity index (χ2v) is 5.96. The van der Waals surface area contributed by atoms with Crippen LogP contribution in [0.3, 0.4) is 0 Å². The molecule has 0 amide bonds. The van der Waals surface area contributed by atoms with E-state index in [1.807, 2.05) is 18.2 Å². The maximum absolute atomic E-state index is 9.13. The Morgan fingerprint density at radius 2 is 2.22 bits per heavy atom. The Hall–Kier alpha value is -1.09. The van der Waals surface area contributed by atoms with E-state index < -0.39 is 0 Å². The summed E-state index contributed by atoms with van der Waals surface area (Å²) in [6.45, 7) is 1.14. The van der Waals surface area contributed by atoms with E-state index >= 15 is 0 Å². The molecule has 1 heterocycles. The van der Waals surface area contributed by atoms with Crippen molar-refractivity contribution in [2.75, 3.05) is 18.5 Å². The normalized spacial score (nSPS) is 29.8. The standard InChI is InChI=1S/C15H22N2O/c1-17(15-4-2-3-14(10-18)16-15)9-13-8-11-5-6-12(13)7-11/h2-4,11-13,18H,5-10H2,1H3. The van der Waals surface area contributed by atoms with Crippen LogP contribution in [0, 0.1) is 17.8 Å². The van der Waals surface area contributed by atoms with E-state index in [1.165, 1.54) is 25.7 Å². The molecule has 0 spiro atoms. The van der Waals surface area contributed by atoms with Crippen LogP contribution < -0.4 is 4.90 Å². The van der Waals surface area contributed by atoms with Crippen LogP contribution in [0.2, 0.25) is 0 Å². The first kappa shape index (κ1) is 12.0. The van der Waals surface area contributed by atoms with Gasteiger partial charge in [-0.25, -0.2) is 4.98 Å². The molecule has 18 heavy (non-hydrogen) atoms. The van der Waals surface area contributed by atoms with Crippen LogP contribution in [0.25, 0.3) is 0 Å². The predicted molar refractivity (Wildman–Crippen MR) is 72.4 cm³/mol. The lowest BCUT2D eigenvalue weighted by molar-refractivity contribution is 0.277. The van der Waals surface area contributed by atoms with Crippen molar-refractivity contribution >= 4 is 5.82 Å². The van der Waals surface area contributed by atoms with Crippen LogP contribution in [0.5, 0.6) is 0 Å². The molecule has 0 aliphatic heterocycles. The Labute approximate surface area is 109 Å². The van der Waals surface area contributed by atoms with Gasteiger partial charge in [0.25, 0.3) is 0 Å². The number of nitrogens with zero attached hydrogens (tertiary/aromatic N) is 2. The minimum atomic E-state index is 0.0236. The number of rotatable bonds is 4. The molecule has 0 radical (unpaired) electrons. The summed E-state index contributed by atoms with van der Waals surface area (Å²) in [5, 5.41) is 9.13. The van der Waals surface area contributed by atoms with Crippen LogP contribution in [0.1, 0.15) is 31.4 Å². The van der Waals surface area contributed by atoms with Gasteiger partial charge in [-0.05, 0) is 49.1 Å². The van der Waals surface area contributed by atoms with Crippen molar-refractivity contribution in [3.05, 3.63) is 23.9 Å². The molecule has 2 fully saturated rings. The molecule has 3 atom stereocenters. The second-order valence-electron chi connectivity index (χ2n) is 5.96. The minimum absolute atomic E-state index is 0.0236. The Kier molecular flexibility index (Phi) is 3.25. The average molecular weight is 246 g/mol. The molecule has 3 heteroatoms. The van der Waals surface area contributed by atoms with Gasteiger partial charge in [0.2, 0.25) is 0 Å². The predicted octanol–water partition coefficient (Wildman–Crippen LogP) is 2.45. The summed E-state index contributed by atoms with van der Waals surface area (Å²) in [7, 11) is 2.12. The average Bonchev–Trinajstić information content (AvgIpc) is 3.01. The largest absolute Gasteiger partial charge is 0.390 e. The molecule has 1 N–H and O–H groups in total. The van der Waals surface area contributed by atoms with E-state index in [1.54, 1.807) is 0 Å². The molecule has 3 nitrogen and oxygen atoms in total. The fourth-order valence-corrected chi connectivity index (χ4v) is 3.81. The summed E-state index contributed by atoms with van der Waals surface area (Å²) >= 11 is 0. The van der Waals surface area contributed by atoms with E-state index in [0.717, 1.165) is 35.8 Å². The van der Waals surface area contributed by atoms with E-state index in [0.29, 0.717) is 0 Å². The summed E-state index contributed by atoms with van der Waals surface area (Å²) in [5.41, 5.74) is 0.757. The third-order valence-corrected chi connectivity index (χ3v) is 4.74. The molecule has 1 aromatic rings. The smallest absolute Gasteiger partial charge is 0.128 e. The molecule has 2 aliphatic carbocycles. The Balaban J connectivity index is 1.65. The van der Waals surface area contributed by atoms with Gasteiger partial charge in [-0.15, -0.1) is 0 Å². The third kappa shape index (κ3) is 2.24. The first-order valence-corrected chi connectivity index (χ1v) is 7.04. The number of hydrogen-bond donors (Lipinski definition) is 1. The molecule has 3 unspecified atom stereocenters. The highest BCUT2D eigenvalue weighted by Crippen LogP contribution is 2.48. The zero-order chi connectivity index (χ0) is 12.5. The molecular formula is C15H22N2O. The van der Waals surface area contributed by atoms with Crippen molar-refractivity contribution in [3.63, 3.8) is 0 Å². The van der Waals surface area contributed by atoms with Crippen LogP contribution in [-0.4, -0.2) is 23.7 Å². The molecule has 2 saturated carbocycles. The number of pyridine rings is 1. The van der Waals surface area contributed by atoms with Crippen molar-refractivity contribution in [3.8, 4) is 0 Å². The fourth-order valence-electron chi connectivity index (χ4n) is 3.81. The molecule has 98 valence electrons. The number of aromatic nitrogens is 1. The van der Waals surface area contributed by atoms with Gasteiger partial charge in [-0.3, -0.25) is 0 Å². The Bertz CT molecular complexity index is 421. The van der Waals surface area contributed by atoms with Crippen molar-refractivity contribution in [2.45, 2.75) is 32.3 Å². The Morgan fingerprint density at radius 1 is 1.33 bits per heavy atom. The molecule has 2 bridgehead atoms. The van der Waals surface area contributed by atoms with E-state index in [4.69, 9.17) is 5.11 Å². The fraction of sp³-hybridized carbons (Fsp3) is 0.667. The number of fused-ring (bicyclic) bond motifs is 2. The first-order chi connectivity index (χ1) is 8.76. The van der Waals surface area contributed by atoms with Crippen LogP contribution in [0.15, 0.2) is 18.2 Å². The molecular weight excluding hydrogens is 224 g/mol. The van der Waals surface area contributed by atoms with Gasteiger partial charge in [0.1, 0.15) is 5.82 Å². The number of hydrogen-bond acceptors (Lipinski definition) is 3. The highest BCUT2D eigenvalue weighted by molar-refractivity contribution is 5.38. The lowest BCUT2D eigenvalue weighted by Gasteiger charge is -2.28. The number of anilines is 1. The zero-order valence-electron chi connectivity index (χ0n) is 11.0. The minimum Gasteiger partial charge on any atom is -0.390 e. The lowest BCUT2D eigenvalue weighted by atomic mass is 9.88. The number of aliphatic hydroxyl groups excluding tert-OH is 1. The van der Waals surface area contributed by atoms with Crippen LogP contribution in [-0.2, 0) is 6.61 Å². The van der Waals surface area contributed by atoms with Crippen LogP contribution in [0.4, 0.5) is 5.82 Å². The summed E-state index contributed by atoms with van der Waals surface area (Å²) in [6, 6.07) is 5.88. The van der Waals surface area contributed by atoms with Gasteiger partial charge < -0.3 is 10.0 Å². The lowest BCUT2D eigenvalue weighted by Crippen LogP contribution is -2.29.